The Labute approximate surface area is 196 Å². The van der Waals surface area contributed by atoms with Gasteiger partial charge in [-0.15, -0.1) is 0 Å². The largest absolute Gasteiger partial charge is 0.495 e. The van der Waals surface area contributed by atoms with E-state index in [1.807, 2.05) is 12.1 Å². The molecule has 31 heavy (non-hydrogen) atoms. The number of hydrogen-bond acceptors (Lipinski definition) is 6. The molecule has 0 radical (unpaired) electrons. The molecular formula is C22H25Cl2N3O3S. The van der Waals surface area contributed by atoms with E-state index >= 15 is 0 Å². The average molecular weight is 482 g/mol. The summed E-state index contributed by atoms with van der Waals surface area (Å²) in [5.41, 5.74) is 1.07. The summed E-state index contributed by atoms with van der Waals surface area (Å²) in [4.78, 5) is 22.2. The molecule has 1 amide bonds. The van der Waals surface area contributed by atoms with Crippen molar-refractivity contribution in [2.24, 2.45) is 0 Å². The second-order valence-corrected chi connectivity index (χ2v) is 8.64. The Balaban J connectivity index is 2.08. The number of rotatable bonds is 9. The first-order valence-electron chi connectivity index (χ1n) is 9.93. The number of halogens is 2. The quantitative estimate of drug-likeness (QED) is 0.397. The molecule has 1 aromatic heterocycles. The zero-order valence-corrected chi connectivity index (χ0v) is 20.3. The highest BCUT2D eigenvalue weighted by molar-refractivity contribution is 7.22. The number of nitrogens with zero attached hydrogens (tertiary/aromatic N) is 3. The predicted octanol–water partition coefficient (Wildman–Crippen LogP) is 5.61. The minimum atomic E-state index is -0.214. The van der Waals surface area contributed by atoms with E-state index in [4.69, 9.17) is 37.7 Å². The van der Waals surface area contributed by atoms with Crippen molar-refractivity contribution in [3.05, 3.63) is 45.9 Å². The Bertz CT molecular complexity index is 1010. The minimum absolute atomic E-state index is 0.214. The molecule has 0 bridgehead atoms. The molecule has 0 atom stereocenters. The van der Waals surface area contributed by atoms with Crippen LogP contribution in [0.1, 0.15) is 24.2 Å². The summed E-state index contributed by atoms with van der Waals surface area (Å²) in [6.45, 7) is 7.15. The van der Waals surface area contributed by atoms with Gasteiger partial charge in [0.1, 0.15) is 21.7 Å². The number of fused-ring (bicyclic) bond motifs is 1. The first kappa shape index (κ1) is 23.6. The summed E-state index contributed by atoms with van der Waals surface area (Å²) < 4.78 is 11.8. The van der Waals surface area contributed by atoms with Gasteiger partial charge in [-0.05, 0) is 43.4 Å². The Morgan fingerprint density at radius 2 is 1.61 bits per heavy atom. The smallest absolute Gasteiger partial charge is 0.260 e. The van der Waals surface area contributed by atoms with Crippen molar-refractivity contribution >= 4 is 55.8 Å². The topological polar surface area (TPSA) is 54.9 Å². The molecule has 0 aliphatic heterocycles. The maximum atomic E-state index is 13.5. The van der Waals surface area contributed by atoms with Gasteiger partial charge in [0.05, 0.1) is 14.2 Å². The number of carbonyl (C=O) groups excluding carboxylic acids is 1. The summed E-state index contributed by atoms with van der Waals surface area (Å²) in [6, 6.07) is 8.49. The van der Waals surface area contributed by atoms with Crippen molar-refractivity contribution in [2.75, 3.05) is 45.3 Å². The van der Waals surface area contributed by atoms with Gasteiger partial charge in [-0.2, -0.15) is 0 Å². The van der Waals surface area contributed by atoms with E-state index in [-0.39, 0.29) is 5.91 Å². The first-order valence-corrected chi connectivity index (χ1v) is 11.5. The number of ether oxygens (including phenoxy) is 2. The van der Waals surface area contributed by atoms with E-state index in [2.05, 4.69) is 18.7 Å². The molecule has 3 aromatic rings. The van der Waals surface area contributed by atoms with Crippen molar-refractivity contribution in [1.82, 2.24) is 9.88 Å². The molecule has 9 heteroatoms. The molecule has 0 saturated heterocycles. The molecular weight excluding hydrogens is 457 g/mol. The van der Waals surface area contributed by atoms with Crippen molar-refractivity contribution < 1.29 is 14.3 Å². The number of benzene rings is 2. The number of hydrogen-bond donors (Lipinski definition) is 0. The zero-order chi connectivity index (χ0) is 22.5. The highest BCUT2D eigenvalue weighted by atomic mass is 35.5. The van der Waals surface area contributed by atoms with E-state index in [1.165, 1.54) is 11.3 Å². The number of likely N-dealkylation sites (N-methyl/N-ethyl adjacent to an activating group) is 1. The molecule has 3 rings (SSSR count). The van der Waals surface area contributed by atoms with Crippen LogP contribution in [0.25, 0.3) is 10.2 Å². The van der Waals surface area contributed by atoms with Gasteiger partial charge in [0.15, 0.2) is 5.13 Å². The van der Waals surface area contributed by atoms with Crippen LogP contribution in [-0.2, 0) is 0 Å². The van der Waals surface area contributed by atoms with Gasteiger partial charge < -0.3 is 14.4 Å². The van der Waals surface area contributed by atoms with E-state index in [1.54, 1.807) is 37.3 Å². The van der Waals surface area contributed by atoms with Gasteiger partial charge >= 0.3 is 0 Å². The van der Waals surface area contributed by atoms with E-state index < -0.39 is 0 Å². The lowest BCUT2D eigenvalue weighted by Crippen LogP contribution is -2.38. The fourth-order valence-corrected chi connectivity index (χ4v) is 4.91. The van der Waals surface area contributed by atoms with E-state index in [0.29, 0.717) is 50.8 Å². The first-order chi connectivity index (χ1) is 14.9. The molecule has 6 nitrogen and oxygen atoms in total. The highest BCUT2D eigenvalue weighted by Crippen LogP contribution is 2.40. The molecule has 0 aliphatic carbocycles. The van der Waals surface area contributed by atoms with Crippen LogP contribution in [0.15, 0.2) is 30.3 Å². The molecule has 1 heterocycles. The Morgan fingerprint density at radius 3 is 2.19 bits per heavy atom. The lowest BCUT2D eigenvalue weighted by Gasteiger charge is -2.25. The number of anilines is 1. The molecule has 0 N–H and O–H groups in total. The van der Waals surface area contributed by atoms with Gasteiger partial charge in [0.25, 0.3) is 5.91 Å². The third-order valence-corrected chi connectivity index (χ3v) is 6.55. The average Bonchev–Trinajstić information content (AvgIpc) is 3.20. The molecule has 166 valence electrons. The Morgan fingerprint density at radius 1 is 1.00 bits per heavy atom. The number of carbonyl (C=O) groups is 1. The summed E-state index contributed by atoms with van der Waals surface area (Å²) in [5.74, 6) is 1.09. The number of amides is 1. The second-order valence-electron chi connectivity index (χ2n) is 6.79. The van der Waals surface area contributed by atoms with Gasteiger partial charge in [-0.1, -0.05) is 48.4 Å². The molecule has 0 unspecified atom stereocenters. The monoisotopic (exact) mass is 481 g/mol. The predicted molar refractivity (Wildman–Crippen MR) is 129 cm³/mol. The van der Waals surface area contributed by atoms with Crippen LogP contribution >= 0.6 is 34.5 Å². The van der Waals surface area contributed by atoms with Crippen molar-refractivity contribution in [3.63, 3.8) is 0 Å². The Kier molecular flexibility index (Phi) is 8.00. The summed E-state index contributed by atoms with van der Waals surface area (Å²) >= 11 is 13.7. The van der Waals surface area contributed by atoms with Gasteiger partial charge in [-0.3, -0.25) is 9.69 Å². The SMILES string of the molecule is CCN(CC)CCN(C(=O)c1cc(Cl)cc(Cl)c1)c1nc2c(OC)ccc(OC)c2s1. The van der Waals surface area contributed by atoms with Crippen LogP contribution in [0.4, 0.5) is 5.13 Å². The normalized spacial score (nSPS) is 11.2. The zero-order valence-electron chi connectivity index (χ0n) is 17.9. The molecule has 0 saturated carbocycles. The highest BCUT2D eigenvalue weighted by Gasteiger charge is 2.24. The second kappa shape index (κ2) is 10.5. The third kappa shape index (κ3) is 5.23. The number of aromatic nitrogens is 1. The van der Waals surface area contributed by atoms with Crippen molar-refractivity contribution in [3.8, 4) is 11.5 Å². The van der Waals surface area contributed by atoms with Gasteiger partial charge in [0.2, 0.25) is 0 Å². The lowest BCUT2D eigenvalue weighted by molar-refractivity contribution is 0.0983. The minimum Gasteiger partial charge on any atom is -0.495 e. The van der Waals surface area contributed by atoms with E-state index in [0.717, 1.165) is 17.8 Å². The van der Waals surface area contributed by atoms with Crippen molar-refractivity contribution in [2.45, 2.75) is 13.8 Å². The maximum absolute atomic E-state index is 13.5. The Hall–Kier alpha value is -2.06. The molecule has 2 aromatic carbocycles. The molecule has 0 fully saturated rings. The van der Waals surface area contributed by atoms with Crippen LogP contribution in [0.5, 0.6) is 11.5 Å². The van der Waals surface area contributed by atoms with Crippen LogP contribution in [-0.4, -0.2) is 56.2 Å². The van der Waals surface area contributed by atoms with Crippen LogP contribution < -0.4 is 14.4 Å². The summed E-state index contributed by atoms with van der Waals surface area (Å²) in [5, 5.41) is 1.38. The molecule has 0 spiro atoms. The molecule has 0 aliphatic rings. The standard InChI is InChI=1S/C22H25Cl2N3O3S/c1-5-26(6-2)9-10-27(21(28)14-11-15(23)13-16(24)12-14)22-25-19-17(29-3)7-8-18(30-4)20(19)31-22/h7-8,11-13H,5-6,9-10H2,1-4H3. The summed E-state index contributed by atoms with van der Waals surface area (Å²) in [6.07, 6.45) is 0. The third-order valence-electron chi connectivity index (χ3n) is 5.02. The lowest BCUT2D eigenvalue weighted by atomic mass is 10.2. The number of methoxy groups -OCH3 is 2. The fourth-order valence-electron chi connectivity index (χ4n) is 3.29. The fraction of sp³-hybridized carbons (Fsp3) is 0.364. The van der Waals surface area contributed by atoms with E-state index in [9.17, 15) is 4.79 Å². The summed E-state index contributed by atoms with van der Waals surface area (Å²) in [7, 11) is 3.20. The number of thiazole rings is 1. The van der Waals surface area contributed by atoms with Gasteiger partial charge in [0, 0.05) is 28.7 Å². The van der Waals surface area contributed by atoms with Crippen LogP contribution in [0, 0.1) is 0 Å². The van der Waals surface area contributed by atoms with Crippen molar-refractivity contribution in [1.29, 1.82) is 0 Å². The van der Waals surface area contributed by atoms with Gasteiger partial charge in [-0.25, -0.2) is 4.98 Å². The maximum Gasteiger partial charge on any atom is 0.260 e. The van der Waals surface area contributed by atoms with Crippen LogP contribution in [0.2, 0.25) is 10.0 Å². The van der Waals surface area contributed by atoms with Crippen LogP contribution in [0.3, 0.4) is 0 Å².